The molecule has 0 unspecified atom stereocenters. The Morgan fingerprint density at radius 1 is 1.42 bits per heavy atom. The van der Waals surface area contributed by atoms with Gasteiger partial charge in [0.15, 0.2) is 0 Å². The summed E-state index contributed by atoms with van der Waals surface area (Å²) in [6.07, 6.45) is 3.63. The van der Waals surface area contributed by atoms with Crippen LogP contribution in [-0.4, -0.2) is 30.7 Å². The zero-order chi connectivity index (χ0) is 17.6. The van der Waals surface area contributed by atoms with Crippen LogP contribution in [0.25, 0.3) is 0 Å². The Hall–Kier alpha value is -2.14. The number of hydrogen-bond donors (Lipinski definition) is 1. The number of nitrogens with one attached hydrogen (secondary N) is 1. The van der Waals surface area contributed by atoms with Gasteiger partial charge in [0.2, 0.25) is 6.10 Å². The number of esters is 2. The van der Waals surface area contributed by atoms with Gasteiger partial charge >= 0.3 is 11.9 Å². The Balaban J connectivity index is 2.02. The van der Waals surface area contributed by atoms with Gasteiger partial charge in [-0.2, -0.15) is 0 Å². The smallest absolute Gasteiger partial charge is 0.348 e. The molecule has 1 heterocycles. The summed E-state index contributed by atoms with van der Waals surface area (Å²) < 4.78 is 10.5. The third-order valence-electron chi connectivity index (χ3n) is 3.93. The van der Waals surface area contributed by atoms with E-state index < -0.39 is 29.5 Å². The molecule has 1 fully saturated rings. The van der Waals surface area contributed by atoms with Crippen molar-refractivity contribution in [2.75, 3.05) is 6.61 Å². The van der Waals surface area contributed by atoms with Crippen molar-refractivity contribution < 1.29 is 19.1 Å². The SMILES string of the molecule is CC/C=C/[C@H](NCc1ccccc1)C(=O)O[C@H]1C(=O)OCC1(C)C. The van der Waals surface area contributed by atoms with Crippen molar-refractivity contribution in [3.8, 4) is 0 Å². The fourth-order valence-electron chi connectivity index (χ4n) is 2.45. The molecule has 1 aliphatic heterocycles. The summed E-state index contributed by atoms with van der Waals surface area (Å²) in [5, 5.41) is 3.17. The highest BCUT2D eigenvalue weighted by molar-refractivity contribution is 5.84. The summed E-state index contributed by atoms with van der Waals surface area (Å²) in [5.41, 5.74) is 0.561. The number of hydrogen-bond acceptors (Lipinski definition) is 5. The number of carbonyl (C=O) groups is 2. The monoisotopic (exact) mass is 331 g/mol. The second kappa shape index (κ2) is 8.11. The molecule has 130 valence electrons. The third kappa shape index (κ3) is 4.68. The topological polar surface area (TPSA) is 64.6 Å². The largest absolute Gasteiger partial charge is 0.462 e. The summed E-state index contributed by atoms with van der Waals surface area (Å²) in [6.45, 7) is 6.49. The lowest BCUT2D eigenvalue weighted by atomic mass is 9.90. The van der Waals surface area contributed by atoms with Gasteiger partial charge in [-0.1, -0.05) is 63.3 Å². The van der Waals surface area contributed by atoms with Crippen molar-refractivity contribution in [2.24, 2.45) is 5.41 Å². The standard InChI is InChI=1S/C19H25NO4/c1-4-5-11-15(20-12-14-9-7-6-8-10-14)17(21)24-16-18(22)23-13-19(16,2)3/h5-11,15-16,20H,4,12-13H2,1-3H3/b11-5+/t15-,16-/m0/s1. The van der Waals surface area contributed by atoms with E-state index in [0.29, 0.717) is 6.54 Å². The van der Waals surface area contributed by atoms with Crippen LogP contribution in [0.2, 0.25) is 0 Å². The van der Waals surface area contributed by atoms with Gasteiger partial charge in [0.1, 0.15) is 12.6 Å². The average molecular weight is 331 g/mol. The average Bonchev–Trinajstić information content (AvgIpc) is 2.82. The Bertz CT molecular complexity index is 595. The highest BCUT2D eigenvalue weighted by Gasteiger charge is 2.47. The molecule has 0 radical (unpaired) electrons. The van der Waals surface area contributed by atoms with Gasteiger partial charge in [-0.25, -0.2) is 9.59 Å². The van der Waals surface area contributed by atoms with Crippen LogP contribution in [-0.2, 0) is 25.6 Å². The molecule has 1 saturated heterocycles. The minimum Gasteiger partial charge on any atom is -0.462 e. The van der Waals surface area contributed by atoms with E-state index in [0.717, 1.165) is 12.0 Å². The molecule has 1 N–H and O–H groups in total. The molecule has 0 aliphatic carbocycles. The minimum atomic E-state index is -0.860. The van der Waals surface area contributed by atoms with Crippen molar-refractivity contribution >= 4 is 11.9 Å². The van der Waals surface area contributed by atoms with E-state index in [9.17, 15) is 9.59 Å². The van der Waals surface area contributed by atoms with E-state index in [1.54, 1.807) is 6.08 Å². The maximum atomic E-state index is 12.5. The van der Waals surface area contributed by atoms with Crippen molar-refractivity contribution in [3.05, 3.63) is 48.0 Å². The maximum Gasteiger partial charge on any atom is 0.348 e. The first kappa shape index (κ1) is 18.2. The molecule has 0 aromatic heterocycles. The molecule has 0 amide bonds. The fourth-order valence-corrected chi connectivity index (χ4v) is 2.45. The highest BCUT2D eigenvalue weighted by atomic mass is 16.6. The van der Waals surface area contributed by atoms with Crippen LogP contribution in [0, 0.1) is 5.41 Å². The summed E-state index contributed by atoms with van der Waals surface area (Å²) in [7, 11) is 0. The molecular weight excluding hydrogens is 306 g/mol. The Morgan fingerprint density at radius 2 is 2.12 bits per heavy atom. The maximum absolute atomic E-state index is 12.5. The second-order valence-corrected chi connectivity index (χ2v) is 6.59. The van der Waals surface area contributed by atoms with Gasteiger partial charge in [0.25, 0.3) is 0 Å². The normalized spacial score (nSPS) is 20.8. The zero-order valence-corrected chi connectivity index (χ0v) is 14.5. The predicted molar refractivity (Wildman–Crippen MR) is 91.1 cm³/mol. The van der Waals surface area contributed by atoms with Crippen molar-refractivity contribution in [1.29, 1.82) is 0 Å². The lowest BCUT2D eigenvalue weighted by molar-refractivity contribution is -0.163. The molecule has 1 aromatic carbocycles. The van der Waals surface area contributed by atoms with Crippen LogP contribution < -0.4 is 5.32 Å². The first-order valence-electron chi connectivity index (χ1n) is 8.25. The molecule has 1 aromatic rings. The molecule has 24 heavy (non-hydrogen) atoms. The number of benzene rings is 1. The third-order valence-corrected chi connectivity index (χ3v) is 3.93. The summed E-state index contributed by atoms with van der Waals surface area (Å²) in [6, 6.07) is 9.20. The van der Waals surface area contributed by atoms with E-state index in [1.807, 2.05) is 57.2 Å². The van der Waals surface area contributed by atoms with Gasteiger partial charge < -0.3 is 9.47 Å². The quantitative estimate of drug-likeness (QED) is 0.614. The first-order valence-corrected chi connectivity index (χ1v) is 8.25. The lowest BCUT2D eigenvalue weighted by Gasteiger charge is -2.23. The van der Waals surface area contributed by atoms with Gasteiger partial charge in [-0.3, -0.25) is 5.32 Å². The van der Waals surface area contributed by atoms with Crippen LogP contribution in [0.5, 0.6) is 0 Å². The van der Waals surface area contributed by atoms with E-state index in [1.165, 1.54) is 0 Å². The van der Waals surface area contributed by atoms with Gasteiger partial charge in [0, 0.05) is 12.0 Å². The van der Waals surface area contributed by atoms with Crippen LogP contribution in [0.1, 0.15) is 32.8 Å². The van der Waals surface area contributed by atoms with E-state index >= 15 is 0 Å². The van der Waals surface area contributed by atoms with Crippen molar-refractivity contribution in [2.45, 2.75) is 45.9 Å². The van der Waals surface area contributed by atoms with E-state index in [-0.39, 0.29) is 6.61 Å². The molecule has 1 aliphatic rings. The molecule has 0 bridgehead atoms. The Kier molecular flexibility index (Phi) is 6.15. The van der Waals surface area contributed by atoms with E-state index in [4.69, 9.17) is 9.47 Å². The number of allylic oxidation sites excluding steroid dienone is 1. The van der Waals surface area contributed by atoms with Crippen LogP contribution in [0.15, 0.2) is 42.5 Å². The number of carbonyl (C=O) groups excluding carboxylic acids is 2. The molecule has 0 spiro atoms. The molecule has 5 heteroatoms. The van der Waals surface area contributed by atoms with Gasteiger partial charge in [0.05, 0.1) is 0 Å². The number of ether oxygens (including phenoxy) is 2. The van der Waals surface area contributed by atoms with Crippen LogP contribution in [0.3, 0.4) is 0 Å². The molecule has 5 nitrogen and oxygen atoms in total. The molecular formula is C19H25NO4. The summed E-state index contributed by atoms with van der Waals surface area (Å²) >= 11 is 0. The lowest BCUT2D eigenvalue weighted by Crippen LogP contribution is -2.42. The second-order valence-electron chi connectivity index (χ2n) is 6.59. The Morgan fingerprint density at radius 3 is 2.71 bits per heavy atom. The van der Waals surface area contributed by atoms with Crippen LogP contribution in [0.4, 0.5) is 0 Å². The van der Waals surface area contributed by atoms with Crippen LogP contribution >= 0.6 is 0 Å². The van der Waals surface area contributed by atoms with Crippen molar-refractivity contribution in [3.63, 3.8) is 0 Å². The molecule has 2 atom stereocenters. The summed E-state index contributed by atoms with van der Waals surface area (Å²) in [5.74, 6) is -0.942. The van der Waals surface area contributed by atoms with Gasteiger partial charge in [-0.15, -0.1) is 0 Å². The van der Waals surface area contributed by atoms with Gasteiger partial charge in [-0.05, 0) is 12.0 Å². The summed E-state index contributed by atoms with van der Waals surface area (Å²) in [4.78, 5) is 24.3. The minimum absolute atomic E-state index is 0.261. The Labute approximate surface area is 143 Å². The van der Waals surface area contributed by atoms with Crippen molar-refractivity contribution in [1.82, 2.24) is 5.32 Å². The first-order chi connectivity index (χ1) is 11.4. The number of rotatable bonds is 7. The number of cyclic esters (lactones) is 1. The van der Waals surface area contributed by atoms with E-state index in [2.05, 4.69) is 5.32 Å². The predicted octanol–water partition coefficient (Wildman–Crippen LogP) is 2.61. The highest BCUT2D eigenvalue weighted by Crippen LogP contribution is 2.31. The zero-order valence-electron chi connectivity index (χ0n) is 14.5. The fraction of sp³-hybridized carbons (Fsp3) is 0.474. The molecule has 0 saturated carbocycles. The molecule has 2 rings (SSSR count).